The Morgan fingerprint density at radius 2 is 1.64 bits per heavy atom. The van der Waals surface area contributed by atoms with Gasteiger partial charge >= 0.3 is 0 Å². The standard InChI is InChI=1S/C32H31FN4O2/c1-3-37(4-2)18-17-34-31(38)25-20-35-28(29(25)21-11-6-5-7-12-21)19-24-30-23(22-13-8-9-15-26(22)33)14-10-16-27(30)36-32(24)39/h5-16,19-20,35H,3-4,17-18H2,1-2H3,(H,34,38)(H,36,39)/b24-19-. The zero-order chi connectivity index (χ0) is 27.4. The summed E-state index contributed by atoms with van der Waals surface area (Å²) in [6.45, 7) is 7.32. The molecular weight excluding hydrogens is 491 g/mol. The number of H-pyrrole nitrogens is 1. The Bertz CT molecular complexity index is 1540. The molecule has 0 fully saturated rings. The van der Waals surface area contributed by atoms with Crippen molar-refractivity contribution in [2.45, 2.75) is 13.8 Å². The number of halogens is 1. The third-order valence-corrected chi connectivity index (χ3v) is 7.11. The first-order valence-corrected chi connectivity index (χ1v) is 13.2. The van der Waals surface area contributed by atoms with E-state index in [1.54, 1.807) is 42.6 Å². The predicted octanol–water partition coefficient (Wildman–Crippen LogP) is 6.05. The van der Waals surface area contributed by atoms with E-state index in [4.69, 9.17) is 0 Å². The van der Waals surface area contributed by atoms with Crippen LogP contribution in [0, 0.1) is 5.82 Å². The first-order chi connectivity index (χ1) is 19.0. The molecule has 1 aromatic heterocycles. The van der Waals surface area contributed by atoms with Crippen LogP contribution in [0.2, 0.25) is 0 Å². The number of nitrogens with one attached hydrogen (secondary N) is 3. The fourth-order valence-corrected chi connectivity index (χ4v) is 5.05. The van der Waals surface area contributed by atoms with Crippen LogP contribution >= 0.6 is 0 Å². The van der Waals surface area contributed by atoms with Crippen molar-refractivity contribution in [2.75, 3.05) is 31.5 Å². The minimum absolute atomic E-state index is 0.190. The molecule has 0 unspecified atom stereocenters. The van der Waals surface area contributed by atoms with E-state index in [9.17, 15) is 14.0 Å². The lowest BCUT2D eigenvalue weighted by molar-refractivity contribution is -0.110. The summed E-state index contributed by atoms with van der Waals surface area (Å²) in [6.07, 6.45) is 3.43. The van der Waals surface area contributed by atoms with Gasteiger partial charge in [0.15, 0.2) is 0 Å². The molecule has 0 bridgehead atoms. The number of aromatic amines is 1. The Kier molecular flexibility index (Phi) is 7.70. The summed E-state index contributed by atoms with van der Waals surface area (Å²) in [7, 11) is 0. The highest BCUT2D eigenvalue weighted by molar-refractivity contribution is 6.36. The van der Waals surface area contributed by atoms with Gasteiger partial charge in [0.1, 0.15) is 5.82 Å². The molecule has 0 spiro atoms. The maximum atomic E-state index is 14.8. The Morgan fingerprint density at radius 3 is 2.38 bits per heavy atom. The smallest absolute Gasteiger partial charge is 0.256 e. The maximum absolute atomic E-state index is 14.8. The number of amides is 2. The first-order valence-electron chi connectivity index (χ1n) is 13.2. The van der Waals surface area contributed by atoms with E-state index in [2.05, 4.69) is 34.4 Å². The average molecular weight is 523 g/mol. The van der Waals surface area contributed by atoms with E-state index >= 15 is 0 Å². The van der Waals surface area contributed by atoms with Gasteiger partial charge in [-0.25, -0.2) is 4.39 Å². The quantitative estimate of drug-likeness (QED) is 0.234. The van der Waals surface area contributed by atoms with E-state index in [0.717, 1.165) is 25.2 Å². The number of carbonyl (C=O) groups excluding carboxylic acids is 2. The van der Waals surface area contributed by atoms with Crippen molar-refractivity contribution in [3.8, 4) is 22.3 Å². The summed E-state index contributed by atoms with van der Waals surface area (Å²) >= 11 is 0. The second-order valence-electron chi connectivity index (χ2n) is 9.36. The van der Waals surface area contributed by atoms with Crippen LogP contribution in [0.3, 0.4) is 0 Å². The van der Waals surface area contributed by atoms with Crippen molar-refractivity contribution < 1.29 is 14.0 Å². The van der Waals surface area contributed by atoms with Crippen LogP contribution in [-0.2, 0) is 4.79 Å². The summed E-state index contributed by atoms with van der Waals surface area (Å²) in [4.78, 5) is 31.9. The van der Waals surface area contributed by atoms with Crippen molar-refractivity contribution in [1.82, 2.24) is 15.2 Å². The number of carbonyl (C=O) groups is 2. The number of anilines is 1. The highest BCUT2D eigenvalue weighted by Gasteiger charge is 2.29. The minimum Gasteiger partial charge on any atom is -0.360 e. The summed E-state index contributed by atoms with van der Waals surface area (Å²) in [5.41, 5.74) is 5.35. The molecule has 0 saturated carbocycles. The molecule has 7 heteroatoms. The molecule has 0 aliphatic carbocycles. The number of fused-ring (bicyclic) bond motifs is 1. The number of likely N-dealkylation sites (N-methyl/N-ethyl adjacent to an activating group) is 1. The zero-order valence-electron chi connectivity index (χ0n) is 22.1. The van der Waals surface area contributed by atoms with Crippen LogP contribution in [-0.4, -0.2) is 47.9 Å². The Balaban J connectivity index is 1.57. The topological polar surface area (TPSA) is 77.2 Å². The number of benzene rings is 3. The average Bonchev–Trinajstić information content (AvgIpc) is 3.52. The van der Waals surface area contributed by atoms with Gasteiger partial charge in [0.2, 0.25) is 0 Å². The van der Waals surface area contributed by atoms with E-state index in [0.29, 0.717) is 51.3 Å². The molecule has 3 N–H and O–H groups in total. The molecule has 198 valence electrons. The van der Waals surface area contributed by atoms with E-state index < -0.39 is 0 Å². The lowest BCUT2D eigenvalue weighted by Gasteiger charge is -2.18. The molecule has 4 aromatic rings. The van der Waals surface area contributed by atoms with E-state index in [1.165, 1.54) is 6.07 Å². The van der Waals surface area contributed by atoms with Crippen LogP contribution < -0.4 is 10.6 Å². The molecule has 5 rings (SSSR count). The minimum atomic E-state index is -0.363. The molecule has 2 heterocycles. The summed E-state index contributed by atoms with van der Waals surface area (Å²) in [5, 5.41) is 5.94. The maximum Gasteiger partial charge on any atom is 0.256 e. The molecule has 6 nitrogen and oxygen atoms in total. The first kappa shape index (κ1) is 26.1. The van der Waals surface area contributed by atoms with Gasteiger partial charge in [0, 0.05) is 47.4 Å². The predicted molar refractivity (Wildman–Crippen MR) is 155 cm³/mol. The van der Waals surface area contributed by atoms with Crippen LogP contribution in [0.25, 0.3) is 33.9 Å². The van der Waals surface area contributed by atoms with Gasteiger partial charge in [-0.3, -0.25) is 9.59 Å². The molecule has 0 radical (unpaired) electrons. The summed E-state index contributed by atoms with van der Waals surface area (Å²) in [6, 6.07) is 21.6. The third-order valence-electron chi connectivity index (χ3n) is 7.11. The highest BCUT2D eigenvalue weighted by Crippen LogP contribution is 2.42. The van der Waals surface area contributed by atoms with Gasteiger partial charge in [-0.15, -0.1) is 0 Å². The van der Waals surface area contributed by atoms with Gasteiger partial charge in [-0.2, -0.15) is 0 Å². The fraction of sp³-hybridized carbons (Fsp3) is 0.188. The third kappa shape index (κ3) is 5.26. The Morgan fingerprint density at radius 1 is 0.923 bits per heavy atom. The number of nitrogens with zero attached hydrogens (tertiary/aromatic N) is 1. The largest absolute Gasteiger partial charge is 0.360 e. The van der Waals surface area contributed by atoms with Gasteiger partial charge in [0.05, 0.1) is 11.1 Å². The van der Waals surface area contributed by atoms with Crippen molar-refractivity contribution in [3.05, 3.63) is 102 Å². The SMILES string of the molecule is CCN(CC)CCNC(=O)c1c[nH]c(/C=C2\C(=O)Nc3cccc(-c4ccccc4F)c32)c1-c1ccccc1. The van der Waals surface area contributed by atoms with Gasteiger partial charge in [0.25, 0.3) is 11.8 Å². The Hall–Kier alpha value is -4.49. The van der Waals surface area contributed by atoms with Gasteiger partial charge in [-0.1, -0.05) is 74.5 Å². The second-order valence-corrected chi connectivity index (χ2v) is 9.36. The second kappa shape index (κ2) is 11.5. The molecule has 1 aliphatic rings. The van der Waals surface area contributed by atoms with Crippen LogP contribution in [0.1, 0.15) is 35.5 Å². The molecule has 1 aliphatic heterocycles. The number of hydrogen-bond acceptors (Lipinski definition) is 3. The lowest BCUT2D eigenvalue weighted by Crippen LogP contribution is -2.34. The van der Waals surface area contributed by atoms with Crippen molar-refractivity contribution in [1.29, 1.82) is 0 Å². The van der Waals surface area contributed by atoms with Crippen molar-refractivity contribution in [3.63, 3.8) is 0 Å². The number of hydrogen-bond donors (Lipinski definition) is 3. The fourth-order valence-electron chi connectivity index (χ4n) is 5.05. The Labute approximate surface area is 227 Å². The number of rotatable bonds is 9. The molecule has 0 atom stereocenters. The summed E-state index contributed by atoms with van der Waals surface area (Å²) in [5.74, 6) is -0.837. The number of aromatic nitrogens is 1. The summed E-state index contributed by atoms with van der Waals surface area (Å²) < 4.78 is 14.8. The van der Waals surface area contributed by atoms with Crippen LogP contribution in [0.5, 0.6) is 0 Å². The van der Waals surface area contributed by atoms with Gasteiger partial charge < -0.3 is 20.5 Å². The monoisotopic (exact) mass is 522 g/mol. The van der Waals surface area contributed by atoms with Crippen LogP contribution in [0.4, 0.5) is 10.1 Å². The van der Waals surface area contributed by atoms with Gasteiger partial charge in [-0.05, 0) is 42.4 Å². The van der Waals surface area contributed by atoms with E-state index in [1.807, 2.05) is 36.4 Å². The lowest BCUT2D eigenvalue weighted by atomic mass is 9.93. The molecule has 39 heavy (non-hydrogen) atoms. The zero-order valence-corrected chi connectivity index (χ0v) is 22.1. The van der Waals surface area contributed by atoms with Crippen molar-refractivity contribution in [2.24, 2.45) is 0 Å². The van der Waals surface area contributed by atoms with E-state index in [-0.39, 0.29) is 17.6 Å². The molecule has 2 amide bonds. The molecule has 0 saturated heterocycles. The molecular formula is C32H31FN4O2. The normalized spacial score (nSPS) is 13.5. The highest BCUT2D eigenvalue weighted by atomic mass is 19.1. The molecule has 3 aromatic carbocycles. The van der Waals surface area contributed by atoms with Crippen LogP contribution in [0.15, 0.2) is 79.0 Å². The van der Waals surface area contributed by atoms with Crippen molar-refractivity contribution >= 4 is 29.2 Å².